The maximum absolute atomic E-state index is 5.72. The van der Waals surface area contributed by atoms with E-state index in [1.807, 2.05) is 50.4 Å². The van der Waals surface area contributed by atoms with Gasteiger partial charge in [0.1, 0.15) is 5.75 Å². The summed E-state index contributed by atoms with van der Waals surface area (Å²) in [7, 11) is 1.93. The molecule has 0 spiro atoms. The summed E-state index contributed by atoms with van der Waals surface area (Å²) < 4.78 is 5.72. The molecule has 0 aliphatic rings. The number of nitrogens with zero attached hydrogens (tertiary/aromatic N) is 1. The lowest BCUT2D eigenvalue weighted by molar-refractivity contribution is 0.461. The van der Waals surface area contributed by atoms with Crippen LogP contribution in [0.5, 0.6) is 11.6 Å². The molecule has 1 aromatic carbocycles. The summed E-state index contributed by atoms with van der Waals surface area (Å²) in [5, 5.41) is 3.12. The average molecular weight is 242 g/mol. The molecule has 94 valence electrons. The van der Waals surface area contributed by atoms with Gasteiger partial charge in [-0.2, -0.15) is 0 Å². The van der Waals surface area contributed by atoms with Crippen molar-refractivity contribution in [1.29, 1.82) is 0 Å². The molecule has 0 aliphatic carbocycles. The highest BCUT2D eigenvalue weighted by Crippen LogP contribution is 2.21. The molecule has 0 fully saturated rings. The third-order valence-corrected chi connectivity index (χ3v) is 2.78. The minimum Gasteiger partial charge on any atom is -0.439 e. The molecule has 1 N–H and O–H groups in total. The first-order chi connectivity index (χ1) is 8.69. The lowest BCUT2D eigenvalue weighted by atomic mass is 10.2. The van der Waals surface area contributed by atoms with E-state index in [0.29, 0.717) is 5.88 Å². The highest BCUT2D eigenvalue weighted by molar-refractivity contribution is 5.32. The number of aryl methyl sites for hydroxylation is 2. The number of hydrogen-bond donors (Lipinski definition) is 1. The van der Waals surface area contributed by atoms with Gasteiger partial charge in [0.15, 0.2) is 0 Å². The molecule has 0 aliphatic heterocycles. The van der Waals surface area contributed by atoms with Gasteiger partial charge in [-0.3, -0.25) is 0 Å². The van der Waals surface area contributed by atoms with E-state index in [2.05, 4.69) is 17.2 Å². The quantitative estimate of drug-likeness (QED) is 0.894. The Morgan fingerprint density at radius 3 is 2.39 bits per heavy atom. The van der Waals surface area contributed by atoms with E-state index in [1.165, 1.54) is 11.1 Å². The van der Waals surface area contributed by atoms with Crippen molar-refractivity contribution in [3.63, 3.8) is 0 Å². The summed E-state index contributed by atoms with van der Waals surface area (Å²) in [6, 6.07) is 11.9. The first-order valence-electron chi connectivity index (χ1n) is 6.04. The van der Waals surface area contributed by atoms with Gasteiger partial charge in [0, 0.05) is 18.3 Å². The van der Waals surface area contributed by atoms with Gasteiger partial charge in [-0.15, -0.1) is 0 Å². The summed E-state index contributed by atoms with van der Waals surface area (Å²) in [4.78, 5) is 4.45. The second-order valence-corrected chi connectivity index (χ2v) is 4.34. The normalized spacial score (nSPS) is 10.4. The van der Waals surface area contributed by atoms with Crippen LogP contribution in [0.1, 0.15) is 16.8 Å². The lowest BCUT2D eigenvalue weighted by Gasteiger charge is -2.08. The Labute approximate surface area is 108 Å². The Morgan fingerprint density at radius 2 is 1.78 bits per heavy atom. The van der Waals surface area contributed by atoms with Crippen LogP contribution in [0.3, 0.4) is 0 Å². The number of ether oxygens (including phenoxy) is 1. The van der Waals surface area contributed by atoms with Crippen LogP contribution < -0.4 is 10.1 Å². The second-order valence-electron chi connectivity index (χ2n) is 4.34. The third kappa shape index (κ3) is 3.08. The standard InChI is InChI=1S/C15H18N2O/c1-11-4-7-14(8-5-11)18-15-9-6-13(10-16-3)12(2)17-15/h4-9,16H,10H2,1-3H3. The van der Waals surface area contributed by atoms with Crippen LogP contribution in [0, 0.1) is 13.8 Å². The summed E-state index contributed by atoms with van der Waals surface area (Å²) >= 11 is 0. The van der Waals surface area contributed by atoms with Crippen LogP contribution in [-0.2, 0) is 6.54 Å². The van der Waals surface area contributed by atoms with Crippen molar-refractivity contribution < 1.29 is 4.74 Å². The van der Waals surface area contributed by atoms with E-state index in [-0.39, 0.29) is 0 Å². The molecule has 18 heavy (non-hydrogen) atoms. The van der Waals surface area contributed by atoms with Crippen molar-refractivity contribution in [2.75, 3.05) is 7.05 Å². The largest absolute Gasteiger partial charge is 0.439 e. The maximum Gasteiger partial charge on any atom is 0.219 e. The fraction of sp³-hybridized carbons (Fsp3) is 0.267. The molecule has 2 rings (SSSR count). The van der Waals surface area contributed by atoms with Gasteiger partial charge in [-0.25, -0.2) is 4.98 Å². The minimum atomic E-state index is 0.635. The molecule has 0 amide bonds. The molecule has 0 atom stereocenters. The Bertz CT molecular complexity index is 521. The molecule has 0 unspecified atom stereocenters. The smallest absolute Gasteiger partial charge is 0.219 e. The van der Waals surface area contributed by atoms with Crippen molar-refractivity contribution in [2.45, 2.75) is 20.4 Å². The predicted molar refractivity (Wildman–Crippen MR) is 73.0 cm³/mol. The van der Waals surface area contributed by atoms with E-state index >= 15 is 0 Å². The zero-order valence-electron chi connectivity index (χ0n) is 11.0. The molecule has 2 aromatic rings. The minimum absolute atomic E-state index is 0.635. The topological polar surface area (TPSA) is 34.1 Å². The van der Waals surface area contributed by atoms with E-state index < -0.39 is 0 Å². The van der Waals surface area contributed by atoms with Crippen molar-refractivity contribution in [3.05, 3.63) is 53.2 Å². The Morgan fingerprint density at radius 1 is 1.06 bits per heavy atom. The number of rotatable bonds is 4. The van der Waals surface area contributed by atoms with Crippen LogP contribution >= 0.6 is 0 Å². The average Bonchev–Trinajstić information content (AvgIpc) is 2.36. The van der Waals surface area contributed by atoms with Gasteiger partial charge in [-0.1, -0.05) is 23.8 Å². The first-order valence-corrected chi connectivity index (χ1v) is 6.04. The van der Waals surface area contributed by atoms with E-state index in [1.54, 1.807) is 0 Å². The van der Waals surface area contributed by atoms with E-state index in [4.69, 9.17) is 4.74 Å². The molecule has 0 saturated carbocycles. The predicted octanol–water partition coefficient (Wildman–Crippen LogP) is 3.21. The highest BCUT2D eigenvalue weighted by Gasteiger charge is 2.03. The SMILES string of the molecule is CNCc1ccc(Oc2ccc(C)cc2)nc1C. The molecule has 3 nitrogen and oxygen atoms in total. The highest BCUT2D eigenvalue weighted by atomic mass is 16.5. The zero-order valence-corrected chi connectivity index (χ0v) is 11.0. The summed E-state index contributed by atoms with van der Waals surface area (Å²) in [5.74, 6) is 1.45. The van der Waals surface area contributed by atoms with Gasteiger partial charge in [-0.05, 0) is 38.6 Å². The van der Waals surface area contributed by atoms with E-state index in [0.717, 1.165) is 18.0 Å². The maximum atomic E-state index is 5.72. The molecular formula is C15H18N2O. The summed E-state index contributed by atoms with van der Waals surface area (Å²) in [6.45, 7) is 4.87. The first kappa shape index (κ1) is 12.6. The van der Waals surface area contributed by atoms with Gasteiger partial charge >= 0.3 is 0 Å². The Kier molecular flexibility index (Phi) is 3.95. The molecule has 3 heteroatoms. The van der Waals surface area contributed by atoms with Crippen molar-refractivity contribution in [3.8, 4) is 11.6 Å². The molecule has 1 heterocycles. The lowest BCUT2D eigenvalue weighted by Crippen LogP contribution is -2.07. The molecule has 0 saturated heterocycles. The Balaban J connectivity index is 2.14. The molecule has 0 radical (unpaired) electrons. The summed E-state index contributed by atoms with van der Waals surface area (Å²) in [5.41, 5.74) is 3.40. The molecule has 0 bridgehead atoms. The Hall–Kier alpha value is -1.87. The van der Waals surface area contributed by atoms with Crippen LogP contribution in [0.25, 0.3) is 0 Å². The zero-order chi connectivity index (χ0) is 13.0. The molecular weight excluding hydrogens is 224 g/mol. The van der Waals surface area contributed by atoms with Crippen molar-refractivity contribution in [1.82, 2.24) is 10.3 Å². The second kappa shape index (κ2) is 5.65. The van der Waals surface area contributed by atoms with Gasteiger partial charge in [0.05, 0.1) is 0 Å². The molecule has 1 aromatic heterocycles. The third-order valence-electron chi connectivity index (χ3n) is 2.78. The van der Waals surface area contributed by atoms with Crippen LogP contribution in [0.2, 0.25) is 0 Å². The number of nitrogens with one attached hydrogen (secondary N) is 1. The number of aromatic nitrogens is 1. The van der Waals surface area contributed by atoms with Crippen molar-refractivity contribution >= 4 is 0 Å². The van der Waals surface area contributed by atoms with Crippen molar-refractivity contribution in [2.24, 2.45) is 0 Å². The fourth-order valence-electron chi connectivity index (χ4n) is 1.73. The van der Waals surface area contributed by atoms with Crippen LogP contribution in [0.4, 0.5) is 0 Å². The monoisotopic (exact) mass is 242 g/mol. The van der Waals surface area contributed by atoms with Crippen LogP contribution in [-0.4, -0.2) is 12.0 Å². The van der Waals surface area contributed by atoms with Crippen LogP contribution in [0.15, 0.2) is 36.4 Å². The number of hydrogen-bond acceptors (Lipinski definition) is 3. The fourth-order valence-corrected chi connectivity index (χ4v) is 1.73. The van der Waals surface area contributed by atoms with Gasteiger partial charge in [0.2, 0.25) is 5.88 Å². The number of pyridine rings is 1. The number of benzene rings is 1. The summed E-state index contributed by atoms with van der Waals surface area (Å²) in [6.07, 6.45) is 0. The van der Waals surface area contributed by atoms with Gasteiger partial charge < -0.3 is 10.1 Å². The van der Waals surface area contributed by atoms with E-state index in [9.17, 15) is 0 Å². The van der Waals surface area contributed by atoms with Gasteiger partial charge in [0.25, 0.3) is 0 Å².